The maximum absolute atomic E-state index is 12.1. The molecule has 1 atom stereocenters. The number of nitrogen functional groups attached to an aromatic ring is 1. The zero-order valence-corrected chi connectivity index (χ0v) is 12.9. The van der Waals surface area contributed by atoms with Gasteiger partial charge in [-0.1, -0.05) is 12.2 Å². The summed E-state index contributed by atoms with van der Waals surface area (Å²) in [6, 6.07) is 4.66. The Morgan fingerprint density at radius 3 is 2.79 bits per heavy atom. The molecule has 0 bridgehead atoms. The minimum absolute atomic E-state index is 0.208. The van der Waals surface area contributed by atoms with Crippen LogP contribution in [0.15, 0.2) is 39.7 Å². The summed E-state index contributed by atoms with van der Waals surface area (Å²) in [6.07, 6.45) is 7.24. The summed E-state index contributed by atoms with van der Waals surface area (Å²) in [4.78, 5) is 0.208. The van der Waals surface area contributed by atoms with Crippen LogP contribution in [0.5, 0.6) is 0 Å². The highest BCUT2D eigenvalue weighted by molar-refractivity contribution is 9.10. The highest BCUT2D eigenvalue weighted by Crippen LogP contribution is 2.23. The van der Waals surface area contributed by atoms with Crippen LogP contribution >= 0.6 is 15.9 Å². The van der Waals surface area contributed by atoms with E-state index < -0.39 is 10.0 Å². The second kappa shape index (κ2) is 6.07. The predicted molar refractivity (Wildman–Crippen MR) is 80.2 cm³/mol. The Morgan fingerprint density at radius 1 is 1.37 bits per heavy atom. The van der Waals surface area contributed by atoms with Crippen molar-refractivity contribution in [2.24, 2.45) is 5.92 Å². The molecule has 1 aromatic rings. The highest BCUT2D eigenvalue weighted by Gasteiger charge is 2.18. The number of rotatable bonds is 4. The zero-order valence-electron chi connectivity index (χ0n) is 10.5. The lowest BCUT2D eigenvalue weighted by Gasteiger charge is -2.18. The summed E-state index contributed by atoms with van der Waals surface area (Å²) in [5.74, 6) is 0.382. The molecule has 2 rings (SSSR count). The fourth-order valence-corrected chi connectivity index (χ4v) is 3.44. The number of nitrogens with one attached hydrogen (secondary N) is 1. The average molecular weight is 345 g/mol. The van der Waals surface area contributed by atoms with Crippen LogP contribution in [-0.4, -0.2) is 15.0 Å². The SMILES string of the molecule is Nc1cc(S(=O)(=O)NCC2CC=CCC2)ccc1Br. The van der Waals surface area contributed by atoms with E-state index in [1.807, 2.05) is 0 Å². The van der Waals surface area contributed by atoms with Crippen molar-refractivity contribution in [2.75, 3.05) is 12.3 Å². The van der Waals surface area contributed by atoms with Crippen molar-refractivity contribution in [3.05, 3.63) is 34.8 Å². The number of nitrogens with two attached hydrogens (primary N) is 1. The standard InChI is InChI=1S/C13H17BrN2O2S/c14-12-7-6-11(8-13(12)15)19(17,18)16-9-10-4-2-1-3-5-10/h1-2,6-8,10,16H,3-5,9,15H2. The van der Waals surface area contributed by atoms with Gasteiger partial charge >= 0.3 is 0 Å². The van der Waals surface area contributed by atoms with E-state index in [0.29, 0.717) is 22.6 Å². The maximum atomic E-state index is 12.1. The molecule has 0 aromatic heterocycles. The third kappa shape index (κ3) is 3.81. The van der Waals surface area contributed by atoms with Crippen LogP contribution in [0.4, 0.5) is 5.69 Å². The smallest absolute Gasteiger partial charge is 0.240 e. The maximum Gasteiger partial charge on any atom is 0.240 e. The average Bonchev–Trinajstić information content (AvgIpc) is 2.41. The fourth-order valence-electron chi connectivity index (χ4n) is 2.04. The normalized spacial score (nSPS) is 19.5. The van der Waals surface area contributed by atoms with Crippen LogP contribution < -0.4 is 10.5 Å². The molecule has 0 radical (unpaired) electrons. The van der Waals surface area contributed by atoms with Gasteiger partial charge in [0.25, 0.3) is 0 Å². The van der Waals surface area contributed by atoms with Crippen molar-refractivity contribution in [1.29, 1.82) is 0 Å². The van der Waals surface area contributed by atoms with E-state index in [0.717, 1.165) is 19.3 Å². The topological polar surface area (TPSA) is 72.2 Å². The number of halogens is 1. The van der Waals surface area contributed by atoms with Gasteiger partial charge in [-0.3, -0.25) is 0 Å². The van der Waals surface area contributed by atoms with Crippen molar-refractivity contribution in [2.45, 2.75) is 24.2 Å². The molecule has 0 aliphatic heterocycles. The second-order valence-electron chi connectivity index (χ2n) is 4.69. The largest absolute Gasteiger partial charge is 0.398 e. The molecular formula is C13H17BrN2O2S. The number of allylic oxidation sites excluding steroid dienone is 2. The number of sulfonamides is 1. The first-order chi connectivity index (χ1) is 8.99. The Kier molecular flexibility index (Phi) is 4.65. The van der Waals surface area contributed by atoms with Crippen molar-refractivity contribution in [3.63, 3.8) is 0 Å². The quantitative estimate of drug-likeness (QED) is 0.651. The van der Waals surface area contributed by atoms with Crippen molar-refractivity contribution >= 4 is 31.6 Å². The van der Waals surface area contributed by atoms with Gasteiger partial charge in [0.05, 0.1) is 4.90 Å². The van der Waals surface area contributed by atoms with Crippen LogP contribution in [0, 0.1) is 5.92 Å². The lowest BCUT2D eigenvalue weighted by Crippen LogP contribution is -2.29. The summed E-state index contributed by atoms with van der Waals surface area (Å²) >= 11 is 3.25. The van der Waals surface area contributed by atoms with E-state index in [2.05, 4.69) is 32.8 Å². The van der Waals surface area contributed by atoms with Gasteiger partial charge in [0.1, 0.15) is 0 Å². The first kappa shape index (κ1) is 14.6. The lowest BCUT2D eigenvalue weighted by atomic mass is 9.95. The number of hydrogen-bond donors (Lipinski definition) is 2. The minimum Gasteiger partial charge on any atom is -0.398 e. The van der Waals surface area contributed by atoms with Crippen molar-refractivity contribution < 1.29 is 8.42 Å². The van der Waals surface area contributed by atoms with Crippen LogP contribution in [0.2, 0.25) is 0 Å². The number of benzene rings is 1. The van der Waals surface area contributed by atoms with Crippen LogP contribution in [0.1, 0.15) is 19.3 Å². The van der Waals surface area contributed by atoms with E-state index in [1.54, 1.807) is 12.1 Å². The Balaban J connectivity index is 2.05. The number of anilines is 1. The number of hydrogen-bond acceptors (Lipinski definition) is 3. The molecule has 19 heavy (non-hydrogen) atoms. The molecule has 104 valence electrons. The first-order valence-electron chi connectivity index (χ1n) is 6.19. The van der Waals surface area contributed by atoms with Gasteiger partial charge in [-0.25, -0.2) is 13.1 Å². The molecule has 0 amide bonds. The van der Waals surface area contributed by atoms with Crippen LogP contribution in [0.3, 0.4) is 0 Å². The van der Waals surface area contributed by atoms with Gasteiger partial charge in [-0.15, -0.1) is 0 Å². The Labute approximate surface area is 122 Å². The van der Waals surface area contributed by atoms with E-state index in [-0.39, 0.29) is 4.90 Å². The minimum atomic E-state index is -3.47. The van der Waals surface area contributed by atoms with Gasteiger partial charge < -0.3 is 5.73 Å². The second-order valence-corrected chi connectivity index (χ2v) is 7.31. The molecule has 1 aromatic carbocycles. The Bertz CT molecular complexity index is 584. The molecule has 0 spiro atoms. The third-order valence-corrected chi connectivity index (χ3v) is 5.36. The van der Waals surface area contributed by atoms with Gasteiger partial charge in [-0.2, -0.15) is 0 Å². The van der Waals surface area contributed by atoms with Crippen molar-refractivity contribution in [3.8, 4) is 0 Å². The monoisotopic (exact) mass is 344 g/mol. The zero-order chi connectivity index (χ0) is 13.9. The fraction of sp³-hybridized carbons (Fsp3) is 0.385. The summed E-state index contributed by atoms with van der Waals surface area (Å²) in [6.45, 7) is 0.475. The Morgan fingerprint density at radius 2 is 2.16 bits per heavy atom. The molecule has 1 unspecified atom stereocenters. The van der Waals surface area contributed by atoms with Crippen LogP contribution in [-0.2, 0) is 10.0 Å². The predicted octanol–water partition coefficient (Wildman–Crippen LogP) is 2.67. The molecule has 4 nitrogen and oxygen atoms in total. The lowest BCUT2D eigenvalue weighted by molar-refractivity contribution is 0.468. The van der Waals surface area contributed by atoms with E-state index in [4.69, 9.17) is 5.73 Å². The van der Waals surface area contributed by atoms with Gasteiger partial charge in [0, 0.05) is 16.7 Å². The summed E-state index contributed by atoms with van der Waals surface area (Å²) in [7, 11) is -3.47. The molecule has 3 N–H and O–H groups in total. The van der Waals surface area contributed by atoms with Gasteiger partial charge in [0.15, 0.2) is 0 Å². The van der Waals surface area contributed by atoms with Gasteiger partial charge in [-0.05, 0) is 59.3 Å². The summed E-state index contributed by atoms with van der Waals surface area (Å²) < 4.78 is 27.6. The van der Waals surface area contributed by atoms with Crippen molar-refractivity contribution in [1.82, 2.24) is 4.72 Å². The molecule has 0 fully saturated rings. The summed E-state index contributed by atoms with van der Waals surface area (Å²) in [5, 5.41) is 0. The molecule has 0 saturated carbocycles. The third-order valence-electron chi connectivity index (χ3n) is 3.22. The molecule has 1 aliphatic carbocycles. The van der Waals surface area contributed by atoms with E-state index in [9.17, 15) is 8.42 Å². The Hall–Kier alpha value is -0.850. The summed E-state index contributed by atoms with van der Waals surface area (Å²) in [5.41, 5.74) is 6.13. The molecular weight excluding hydrogens is 328 g/mol. The van der Waals surface area contributed by atoms with Gasteiger partial charge in [0.2, 0.25) is 10.0 Å². The molecule has 0 saturated heterocycles. The highest BCUT2D eigenvalue weighted by atomic mass is 79.9. The molecule has 0 heterocycles. The van der Waals surface area contributed by atoms with E-state index >= 15 is 0 Å². The first-order valence-corrected chi connectivity index (χ1v) is 8.46. The molecule has 6 heteroatoms. The molecule has 1 aliphatic rings. The van der Waals surface area contributed by atoms with Crippen LogP contribution in [0.25, 0.3) is 0 Å². The van der Waals surface area contributed by atoms with E-state index in [1.165, 1.54) is 6.07 Å².